The van der Waals surface area contributed by atoms with Crippen LogP contribution in [0.25, 0.3) is 11.0 Å². The maximum Gasteiger partial charge on any atom is 0.265 e. The maximum atomic E-state index is 13.3. The quantitative estimate of drug-likeness (QED) is 0.518. The van der Waals surface area contributed by atoms with Gasteiger partial charge in [0.2, 0.25) is 0 Å². The number of aromatic nitrogens is 2. The number of carbonyl (C=O) groups excluding carboxylic acids is 1. The minimum atomic E-state index is -0.367. The summed E-state index contributed by atoms with van der Waals surface area (Å²) in [5.74, 6) is -0.569. The van der Waals surface area contributed by atoms with Crippen LogP contribution in [0.5, 0.6) is 0 Å². The van der Waals surface area contributed by atoms with Crippen molar-refractivity contribution in [2.45, 2.75) is 46.1 Å². The first kappa shape index (κ1) is 21.7. The molecule has 0 aliphatic heterocycles. The van der Waals surface area contributed by atoms with Crippen molar-refractivity contribution in [1.82, 2.24) is 14.5 Å². The first-order chi connectivity index (χ1) is 14.5. The molecule has 3 aromatic rings. The normalized spacial score (nSPS) is 11.0. The Kier molecular flexibility index (Phi) is 7.33. The fraction of sp³-hybridized carbons (Fsp3) is 0.375. The highest BCUT2D eigenvalue weighted by molar-refractivity contribution is 5.97. The van der Waals surface area contributed by atoms with Crippen LogP contribution in [-0.4, -0.2) is 33.4 Å². The van der Waals surface area contributed by atoms with Gasteiger partial charge in [-0.15, -0.1) is 0 Å². The molecule has 0 unspecified atom stereocenters. The molecule has 0 saturated carbocycles. The van der Waals surface area contributed by atoms with Crippen molar-refractivity contribution >= 4 is 16.9 Å². The number of benzene rings is 1. The number of halogens is 1. The number of rotatable bonds is 9. The smallest absolute Gasteiger partial charge is 0.265 e. The van der Waals surface area contributed by atoms with E-state index in [0.29, 0.717) is 18.7 Å². The number of amides is 1. The minimum absolute atomic E-state index is 0.157. The van der Waals surface area contributed by atoms with Crippen LogP contribution in [-0.2, 0) is 6.54 Å². The molecule has 158 valence electrons. The second-order valence-corrected chi connectivity index (χ2v) is 7.49. The predicted molar refractivity (Wildman–Crippen MR) is 117 cm³/mol. The lowest BCUT2D eigenvalue weighted by atomic mass is 10.1. The van der Waals surface area contributed by atoms with Gasteiger partial charge in [0.1, 0.15) is 17.0 Å². The van der Waals surface area contributed by atoms with Crippen LogP contribution in [0.15, 0.2) is 53.5 Å². The van der Waals surface area contributed by atoms with Gasteiger partial charge in [-0.2, -0.15) is 0 Å². The summed E-state index contributed by atoms with van der Waals surface area (Å²) in [5.41, 5.74) is 1.07. The molecule has 1 aromatic carbocycles. The van der Waals surface area contributed by atoms with Crippen molar-refractivity contribution in [3.63, 3.8) is 0 Å². The Morgan fingerprint density at radius 1 is 1.07 bits per heavy atom. The first-order valence-corrected chi connectivity index (χ1v) is 10.6. The van der Waals surface area contributed by atoms with Crippen LogP contribution in [0.3, 0.4) is 0 Å². The number of unbranched alkanes of at least 4 members (excludes halogenated alkanes) is 2. The summed E-state index contributed by atoms with van der Waals surface area (Å²) >= 11 is 0. The van der Waals surface area contributed by atoms with Gasteiger partial charge in [0.25, 0.3) is 11.5 Å². The van der Waals surface area contributed by atoms with E-state index >= 15 is 0 Å². The third-order valence-corrected chi connectivity index (χ3v) is 5.18. The highest BCUT2D eigenvalue weighted by Gasteiger charge is 2.21. The summed E-state index contributed by atoms with van der Waals surface area (Å²) in [5, 5.41) is 0.730. The Morgan fingerprint density at radius 2 is 1.73 bits per heavy atom. The fourth-order valence-corrected chi connectivity index (χ4v) is 3.46. The van der Waals surface area contributed by atoms with Gasteiger partial charge >= 0.3 is 0 Å². The molecule has 3 rings (SSSR count). The van der Waals surface area contributed by atoms with Crippen LogP contribution >= 0.6 is 0 Å². The number of fused-ring (bicyclic) bond motifs is 1. The van der Waals surface area contributed by atoms with E-state index in [-0.39, 0.29) is 29.4 Å². The average Bonchev–Trinajstić information content (AvgIpc) is 2.76. The van der Waals surface area contributed by atoms with Crippen LogP contribution in [0.1, 0.15) is 55.5 Å². The Labute approximate surface area is 176 Å². The van der Waals surface area contributed by atoms with Gasteiger partial charge in [-0.25, -0.2) is 9.37 Å². The Bertz CT molecular complexity index is 1050. The standard InChI is InChI=1S/C24H28FN3O2/c1-3-5-14-27(15-6-4-2)23(29)21-16-19-8-7-13-26-22(19)28(24(21)30)17-18-9-11-20(25)12-10-18/h7-13,16H,3-6,14-15,17H2,1-2H3. The van der Waals surface area contributed by atoms with Crippen LogP contribution in [0.2, 0.25) is 0 Å². The van der Waals surface area contributed by atoms with E-state index < -0.39 is 0 Å². The van der Waals surface area contributed by atoms with Crippen LogP contribution in [0.4, 0.5) is 4.39 Å². The topological polar surface area (TPSA) is 55.2 Å². The van der Waals surface area contributed by atoms with E-state index in [1.165, 1.54) is 16.7 Å². The zero-order chi connectivity index (χ0) is 21.5. The largest absolute Gasteiger partial charge is 0.338 e. The van der Waals surface area contributed by atoms with E-state index in [0.717, 1.165) is 36.6 Å². The van der Waals surface area contributed by atoms with E-state index in [1.807, 2.05) is 6.07 Å². The van der Waals surface area contributed by atoms with Gasteiger partial charge in [0.05, 0.1) is 6.54 Å². The molecule has 2 heterocycles. The van der Waals surface area contributed by atoms with E-state index in [1.54, 1.807) is 35.4 Å². The summed E-state index contributed by atoms with van der Waals surface area (Å²) in [4.78, 5) is 32.8. The zero-order valence-corrected chi connectivity index (χ0v) is 17.6. The first-order valence-electron chi connectivity index (χ1n) is 10.6. The molecule has 0 radical (unpaired) electrons. The lowest BCUT2D eigenvalue weighted by Gasteiger charge is -2.23. The molecule has 30 heavy (non-hydrogen) atoms. The molecule has 0 saturated heterocycles. The number of nitrogens with zero attached hydrogens (tertiary/aromatic N) is 3. The Morgan fingerprint density at radius 3 is 2.37 bits per heavy atom. The predicted octanol–water partition coefficient (Wildman–Crippen LogP) is 4.63. The van der Waals surface area contributed by atoms with Gasteiger partial charge in [0, 0.05) is 24.7 Å². The number of carbonyl (C=O) groups is 1. The third-order valence-electron chi connectivity index (χ3n) is 5.18. The third kappa shape index (κ3) is 4.93. The molecule has 0 N–H and O–H groups in total. The van der Waals surface area contributed by atoms with E-state index in [9.17, 15) is 14.0 Å². The molecule has 2 aromatic heterocycles. The second kappa shape index (κ2) is 10.1. The van der Waals surface area contributed by atoms with Crippen molar-refractivity contribution in [2.24, 2.45) is 0 Å². The highest BCUT2D eigenvalue weighted by Crippen LogP contribution is 2.15. The van der Waals surface area contributed by atoms with Gasteiger partial charge in [-0.05, 0) is 48.7 Å². The number of hydrogen-bond acceptors (Lipinski definition) is 3. The monoisotopic (exact) mass is 409 g/mol. The molecule has 0 bridgehead atoms. The molecular weight excluding hydrogens is 381 g/mol. The Balaban J connectivity index is 2.06. The molecule has 0 atom stereocenters. The number of hydrogen-bond donors (Lipinski definition) is 0. The molecular formula is C24H28FN3O2. The summed E-state index contributed by atoms with van der Waals surface area (Å²) < 4.78 is 14.8. The average molecular weight is 410 g/mol. The summed E-state index contributed by atoms with van der Waals surface area (Å²) in [6.45, 7) is 5.66. The molecule has 0 aliphatic rings. The summed E-state index contributed by atoms with van der Waals surface area (Å²) in [7, 11) is 0. The molecule has 6 heteroatoms. The van der Waals surface area contributed by atoms with Crippen LogP contribution in [0, 0.1) is 5.82 Å². The maximum absolute atomic E-state index is 13.3. The van der Waals surface area contributed by atoms with Crippen LogP contribution < -0.4 is 5.56 Å². The van der Waals surface area contributed by atoms with Gasteiger partial charge in [-0.3, -0.25) is 14.2 Å². The van der Waals surface area contributed by atoms with Gasteiger partial charge in [0.15, 0.2) is 0 Å². The molecule has 0 aliphatic carbocycles. The fourth-order valence-electron chi connectivity index (χ4n) is 3.46. The summed E-state index contributed by atoms with van der Waals surface area (Å²) in [6, 6.07) is 11.3. The number of pyridine rings is 2. The van der Waals surface area contributed by atoms with Crippen molar-refractivity contribution in [3.8, 4) is 0 Å². The lowest BCUT2D eigenvalue weighted by Crippen LogP contribution is -2.38. The minimum Gasteiger partial charge on any atom is -0.338 e. The molecule has 0 fully saturated rings. The van der Waals surface area contributed by atoms with E-state index in [4.69, 9.17) is 0 Å². The molecule has 5 nitrogen and oxygen atoms in total. The van der Waals surface area contributed by atoms with Gasteiger partial charge < -0.3 is 4.90 Å². The van der Waals surface area contributed by atoms with E-state index in [2.05, 4.69) is 18.8 Å². The molecule has 1 amide bonds. The van der Waals surface area contributed by atoms with Crippen molar-refractivity contribution in [2.75, 3.05) is 13.1 Å². The van der Waals surface area contributed by atoms with Crippen molar-refractivity contribution < 1.29 is 9.18 Å². The zero-order valence-electron chi connectivity index (χ0n) is 17.6. The van der Waals surface area contributed by atoms with Gasteiger partial charge in [-0.1, -0.05) is 38.8 Å². The Hall–Kier alpha value is -3.02. The summed E-state index contributed by atoms with van der Waals surface area (Å²) in [6.07, 6.45) is 5.38. The lowest BCUT2D eigenvalue weighted by molar-refractivity contribution is 0.0749. The SMILES string of the molecule is CCCCN(CCCC)C(=O)c1cc2cccnc2n(Cc2ccc(F)cc2)c1=O. The van der Waals surface area contributed by atoms with Crippen molar-refractivity contribution in [3.05, 3.63) is 76.0 Å². The molecule has 0 spiro atoms. The highest BCUT2D eigenvalue weighted by atomic mass is 19.1. The van der Waals surface area contributed by atoms with Crippen molar-refractivity contribution in [1.29, 1.82) is 0 Å². The second-order valence-electron chi connectivity index (χ2n) is 7.49.